The van der Waals surface area contributed by atoms with E-state index in [0.717, 1.165) is 18.8 Å². The molecule has 2 heteroatoms. The van der Waals surface area contributed by atoms with Gasteiger partial charge >= 0.3 is 5.97 Å². The molecule has 3 atom stereocenters. The van der Waals surface area contributed by atoms with Crippen LogP contribution >= 0.6 is 0 Å². The summed E-state index contributed by atoms with van der Waals surface area (Å²) >= 11 is 0. The number of ether oxygens (including phenoxy) is 1. The summed E-state index contributed by atoms with van der Waals surface area (Å²) in [7, 11) is 0. The average molecular weight is 411 g/mol. The summed E-state index contributed by atoms with van der Waals surface area (Å²) in [4.78, 5) is 12.1. The van der Waals surface area contributed by atoms with Crippen molar-refractivity contribution in [1.29, 1.82) is 0 Å². The molecule has 0 aromatic heterocycles. The van der Waals surface area contributed by atoms with E-state index in [0.29, 0.717) is 12.5 Å². The van der Waals surface area contributed by atoms with Crippen LogP contribution in [-0.4, -0.2) is 12.6 Å². The van der Waals surface area contributed by atoms with Gasteiger partial charge in [-0.2, -0.15) is 0 Å². The molecule has 0 aliphatic carbocycles. The van der Waals surface area contributed by atoms with Gasteiger partial charge in [0.2, 0.25) is 0 Å². The quantitative estimate of drug-likeness (QED) is 0.139. The van der Waals surface area contributed by atoms with Gasteiger partial charge in [-0.15, -0.1) is 0 Å². The molecule has 0 fully saturated rings. The van der Waals surface area contributed by atoms with Crippen molar-refractivity contribution < 1.29 is 9.53 Å². The maximum absolute atomic E-state index is 12.1. The zero-order valence-electron chi connectivity index (χ0n) is 20.8. The zero-order valence-corrected chi connectivity index (χ0v) is 20.8. The van der Waals surface area contributed by atoms with E-state index in [9.17, 15) is 4.79 Å². The molecule has 174 valence electrons. The normalized spacial score (nSPS) is 14.5. The van der Waals surface area contributed by atoms with Crippen LogP contribution in [0.4, 0.5) is 0 Å². The molecule has 0 aliphatic heterocycles. The van der Waals surface area contributed by atoms with E-state index in [4.69, 9.17) is 4.74 Å². The number of hydrogen-bond acceptors (Lipinski definition) is 2. The number of carbonyl (C=O) groups excluding carboxylic acids is 1. The fourth-order valence-corrected chi connectivity index (χ4v) is 4.26. The molecule has 0 aromatic rings. The summed E-state index contributed by atoms with van der Waals surface area (Å²) < 4.78 is 5.50. The van der Waals surface area contributed by atoms with Crippen LogP contribution in [0.25, 0.3) is 0 Å². The summed E-state index contributed by atoms with van der Waals surface area (Å²) in [6.07, 6.45) is 22.4. The molecular formula is C27H54O2. The van der Waals surface area contributed by atoms with Gasteiger partial charge in [-0.25, -0.2) is 0 Å². The van der Waals surface area contributed by atoms with Crippen LogP contribution in [0.15, 0.2) is 0 Å². The molecule has 0 aromatic carbocycles. The third-order valence-electron chi connectivity index (χ3n) is 6.40. The maximum Gasteiger partial charge on any atom is 0.308 e. The van der Waals surface area contributed by atoms with Crippen LogP contribution in [-0.2, 0) is 9.53 Å². The Balaban J connectivity index is 3.40. The summed E-state index contributed by atoms with van der Waals surface area (Å²) in [5.74, 6) is 1.41. The van der Waals surface area contributed by atoms with Gasteiger partial charge in [0, 0.05) is 0 Å². The smallest absolute Gasteiger partial charge is 0.308 e. The summed E-state index contributed by atoms with van der Waals surface area (Å²) in [5, 5.41) is 0. The van der Waals surface area contributed by atoms with E-state index in [1.807, 2.05) is 6.92 Å². The highest BCUT2D eigenvalue weighted by molar-refractivity contribution is 5.71. The number of carbonyl (C=O) groups is 1. The largest absolute Gasteiger partial charge is 0.465 e. The second kappa shape index (κ2) is 20.7. The molecule has 29 heavy (non-hydrogen) atoms. The molecule has 0 radical (unpaired) electrons. The lowest BCUT2D eigenvalue weighted by Crippen LogP contribution is -2.18. The number of hydrogen-bond donors (Lipinski definition) is 0. The standard InChI is InChI=1S/C27H54O2/c1-6-8-9-10-11-12-13-14-15-16-17-18-19-20-21-29-27(28)26(5)23-25(4)22-24(3)7-2/h24-26H,6-23H2,1-5H3/t24-,25-,26-/m1/s1. The third-order valence-corrected chi connectivity index (χ3v) is 6.40. The average Bonchev–Trinajstić information content (AvgIpc) is 2.70. The zero-order chi connectivity index (χ0) is 21.7. The van der Waals surface area contributed by atoms with Crippen LogP contribution in [0, 0.1) is 17.8 Å². The first-order chi connectivity index (χ1) is 14.0. The van der Waals surface area contributed by atoms with Crippen LogP contribution in [0.5, 0.6) is 0 Å². The van der Waals surface area contributed by atoms with Crippen molar-refractivity contribution in [3.05, 3.63) is 0 Å². The van der Waals surface area contributed by atoms with Crippen LogP contribution in [0.1, 0.15) is 144 Å². The summed E-state index contributed by atoms with van der Waals surface area (Å²) in [5.41, 5.74) is 0. The van der Waals surface area contributed by atoms with Crippen molar-refractivity contribution in [2.24, 2.45) is 17.8 Å². The van der Waals surface area contributed by atoms with E-state index in [-0.39, 0.29) is 11.9 Å². The monoisotopic (exact) mass is 410 g/mol. The SMILES string of the molecule is CCCCCCCCCCCCCCCCOC(=O)[C@H](C)C[C@H](C)C[C@H](C)CC. The predicted octanol–water partition coefficient (Wildman–Crippen LogP) is 9.11. The Labute approximate surface area is 184 Å². The van der Waals surface area contributed by atoms with Crippen molar-refractivity contribution in [3.8, 4) is 0 Å². The minimum absolute atomic E-state index is 0.00990. The second-order valence-electron chi connectivity index (χ2n) is 9.75. The molecular weight excluding hydrogens is 356 g/mol. The fraction of sp³-hybridized carbons (Fsp3) is 0.963. The first-order valence-corrected chi connectivity index (χ1v) is 13.2. The molecule has 0 rings (SSSR count). The lowest BCUT2D eigenvalue weighted by Gasteiger charge is -2.19. The van der Waals surface area contributed by atoms with Crippen molar-refractivity contribution in [2.45, 2.75) is 144 Å². The van der Waals surface area contributed by atoms with Crippen molar-refractivity contribution in [2.75, 3.05) is 6.61 Å². The molecule has 0 saturated heterocycles. The van der Waals surface area contributed by atoms with E-state index >= 15 is 0 Å². The number of rotatable bonds is 21. The molecule has 0 bridgehead atoms. The minimum Gasteiger partial charge on any atom is -0.465 e. The van der Waals surface area contributed by atoms with Gasteiger partial charge in [0.25, 0.3) is 0 Å². The van der Waals surface area contributed by atoms with Crippen molar-refractivity contribution in [3.63, 3.8) is 0 Å². The Bertz CT molecular complexity index is 352. The Morgan fingerprint density at radius 2 is 1.07 bits per heavy atom. The Morgan fingerprint density at radius 3 is 1.52 bits per heavy atom. The molecule has 0 N–H and O–H groups in total. The highest BCUT2D eigenvalue weighted by Crippen LogP contribution is 2.22. The molecule has 0 aliphatic rings. The predicted molar refractivity (Wildman–Crippen MR) is 128 cm³/mol. The maximum atomic E-state index is 12.1. The van der Waals surface area contributed by atoms with Gasteiger partial charge in [0.15, 0.2) is 0 Å². The molecule has 0 saturated carbocycles. The van der Waals surface area contributed by atoms with E-state index in [2.05, 4.69) is 27.7 Å². The van der Waals surface area contributed by atoms with Crippen molar-refractivity contribution >= 4 is 5.97 Å². The van der Waals surface area contributed by atoms with Crippen molar-refractivity contribution in [1.82, 2.24) is 0 Å². The van der Waals surface area contributed by atoms with Crippen LogP contribution in [0.2, 0.25) is 0 Å². The van der Waals surface area contributed by atoms with Crippen LogP contribution in [0.3, 0.4) is 0 Å². The van der Waals surface area contributed by atoms with E-state index < -0.39 is 0 Å². The molecule has 2 nitrogen and oxygen atoms in total. The van der Waals surface area contributed by atoms with Gasteiger partial charge in [-0.1, -0.05) is 125 Å². The molecule has 0 spiro atoms. The Hall–Kier alpha value is -0.530. The Kier molecular flexibility index (Phi) is 20.4. The lowest BCUT2D eigenvalue weighted by atomic mass is 9.88. The highest BCUT2D eigenvalue weighted by atomic mass is 16.5. The van der Waals surface area contributed by atoms with E-state index in [1.165, 1.54) is 96.3 Å². The number of unbranched alkanes of at least 4 members (excludes halogenated alkanes) is 13. The van der Waals surface area contributed by atoms with Gasteiger partial charge in [0.1, 0.15) is 0 Å². The number of esters is 1. The highest BCUT2D eigenvalue weighted by Gasteiger charge is 2.18. The molecule has 0 amide bonds. The molecule has 0 heterocycles. The van der Waals surface area contributed by atoms with Gasteiger partial charge in [0.05, 0.1) is 12.5 Å². The second-order valence-corrected chi connectivity index (χ2v) is 9.75. The first kappa shape index (κ1) is 28.5. The topological polar surface area (TPSA) is 26.3 Å². The van der Waals surface area contributed by atoms with Crippen LogP contribution < -0.4 is 0 Å². The fourth-order valence-electron chi connectivity index (χ4n) is 4.26. The first-order valence-electron chi connectivity index (χ1n) is 13.2. The lowest BCUT2D eigenvalue weighted by molar-refractivity contribution is -0.148. The van der Waals surface area contributed by atoms with Gasteiger partial charge in [-0.3, -0.25) is 4.79 Å². The minimum atomic E-state index is 0.00990. The Morgan fingerprint density at radius 1 is 0.621 bits per heavy atom. The van der Waals surface area contributed by atoms with E-state index in [1.54, 1.807) is 0 Å². The summed E-state index contributed by atoms with van der Waals surface area (Å²) in [6, 6.07) is 0. The van der Waals surface area contributed by atoms with Gasteiger partial charge < -0.3 is 4.74 Å². The van der Waals surface area contributed by atoms with Gasteiger partial charge in [-0.05, 0) is 31.1 Å². The molecule has 0 unspecified atom stereocenters. The summed E-state index contributed by atoms with van der Waals surface area (Å²) in [6.45, 7) is 11.7. The third kappa shape index (κ3) is 19.2.